The molecule has 38 heavy (non-hydrogen) atoms. The molecule has 0 unspecified atom stereocenters. The molecule has 0 saturated heterocycles. The van der Waals surface area contributed by atoms with Gasteiger partial charge in [0.15, 0.2) is 6.10 Å². The summed E-state index contributed by atoms with van der Waals surface area (Å²) in [4.78, 5) is 41.7. The van der Waals surface area contributed by atoms with Gasteiger partial charge in [0.2, 0.25) is 0 Å². The van der Waals surface area contributed by atoms with E-state index in [4.69, 9.17) is 19.3 Å². The Bertz CT molecular complexity index is 1060. The van der Waals surface area contributed by atoms with Crippen LogP contribution in [0.25, 0.3) is 0 Å². The first kappa shape index (κ1) is 34.9. The van der Waals surface area contributed by atoms with Crippen LogP contribution in [0.15, 0.2) is 0 Å². The first-order valence-electron chi connectivity index (χ1n) is 12.8. The molecule has 0 aromatic heterocycles. The Labute approximate surface area is 227 Å². The van der Waals surface area contributed by atoms with Crippen LogP contribution in [-0.4, -0.2) is 41.0 Å². The summed E-state index contributed by atoms with van der Waals surface area (Å²) in [5.41, 5.74) is 0. The topological polar surface area (TPSA) is 119 Å². The number of carbonyl (C=O) groups excluding carboxylic acids is 2. The van der Waals surface area contributed by atoms with E-state index in [0.29, 0.717) is 6.42 Å². The summed E-state index contributed by atoms with van der Waals surface area (Å²) in [5.74, 6) is 22.4. The molecule has 9 heteroatoms. The van der Waals surface area contributed by atoms with E-state index in [9.17, 15) is 14.2 Å². The Morgan fingerprint density at radius 1 is 0.737 bits per heavy atom. The van der Waals surface area contributed by atoms with Crippen LogP contribution in [0.3, 0.4) is 0 Å². The second-order valence-electron chi connectivity index (χ2n) is 8.16. The van der Waals surface area contributed by atoms with Gasteiger partial charge in [0.05, 0.1) is 6.61 Å². The Morgan fingerprint density at radius 2 is 1.24 bits per heavy atom. The zero-order valence-corrected chi connectivity index (χ0v) is 23.2. The van der Waals surface area contributed by atoms with E-state index < -0.39 is 39.1 Å². The number of unbranched alkanes of at least 4 members (excludes halogenated alkanes) is 10. The number of phosphoric ester groups is 1. The molecule has 0 saturated carbocycles. The SMILES string of the molecule is CC#CC#CC#CC#CC#CC(=O)OC[C@@H](COP(=O)(O)O)OC(=O)CCCCCCCCCCCCC. The van der Waals surface area contributed by atoms with Crippen LogP contribution in [0.4, 0.5) is 0 Å². The monoisotopic (exact) mass is 544 g/mol. The number of carbonyl (C=O) groups is 2. The number of hydrogen-bond donors (Lipinski definition) is 2. The molecule has 0 heterocycles. The largest absolute Gasteiger partial charge is 0.469 e. The van der Waals surface area contributed by atoms with Gasteiger partial charge in [0.1, 0.15) is 6.61 Å². The van der Waals surface area contributed by atoms with Gasteiger partial charge in [-0.2, -0.15) is 0 Å². The van der Waals surface area contributed by atoms with Gasteiger partial charge < -0.3 is 19.3 Å². The molecule has 0 amide bonds. The molecule has 206 valence electrons. The lowest BCUT2D eigenvalue weighted by atomic mass is 10.1. The maximum absolute atomic E-state index is 12.2. The minimum atomic E-state index is -4.80. The van der Waals surface area contributed by atoms with E-state index in [-0.39, 0.29) is 6.42 Å². The summed E-state index contributed by atoms with van der Waals surface area (Å²) < 4.78 is 25.5. The molecular weight excluding hydrogens is 507 g/mol. The van der Waals surface area contributed by atoms with E-state index in [0.717, 1.165) is 19.3 Å². The van der Waals surface area contributed by atoms with Crippen molar-refractivity contribution in [2.24, 2.45) is 0 Å². The van der Waals surface area contributed by atoms with Crippen LogP contribution >= 0.6 is 7.82 Å². The Balaban J connectivity index is 4.41. The summed E-state index contributed by atoms with van der Waals surface area (Å²) in [5, 5.41) is 0. The van der Waals surface area contributed by atoms with E-state index in [2.05, 4.69) is 70.7 Å². The minimum absolute atomic E-state index is 0.142. The Hall–Kier alpha value is -3.15. The van der Waals surface area contributed by atoms with Gasteiger partial charge in [0.25, 0.3) is 0 Å². The third kappa shape index (κ3) is 25.9. The predicted octanol–water partition coefficient (Wildman–Crippen LogP) is 4.29. The highest BCUT2D eigenvalue weighted by Crippen LogP contribution is 2.35. The molecule has 0 bridgehead atoms. The van der Waals surface area contributed by atoms with Gasteiger partial charge in [-0.1, -0.05) is 77.1 Å². The van der Waals surface area contributed by atoms with Crippen LogP contribution < -0.4 is 0 Å². The third-order valence-corrected chi connectivity index (χ3v) is 5.32. The first-order chi connectivity index (χ1) is 18.3. The lowest BCUT2D eigenvalue weighted by Crippen LogP contribution is -2.29. The molecule has 0 aliphatic carbocycles. The average Bonchev–Trinajstić information content (AvgIpc) is 2.87. The molecule has 2 N–H and O–H groups in total. The normalized spacial score (nSPS) is 10.3. The second-order valence-corrected chi connectivity index (χ2v) is 9.40. The van der Waals surface area contributed by atoms with Crippen LogP contribution in [0.1, 0.15) is 90.9 Å². The van der Waals surface area contributed by atoms with Crippen molar-refractivity contribution in [3.8, 4) is 59.2 Å². The average molecular weight is 545 g/mol. The van der Waals surface area contributed by atoms with Gasteiger partial charge in [-0.25, -0.2) is 9.36 Å². The highest BCUT2D eigenvalue weighted by Gasteiger charge is 2.22. The first-order valence-corrected chi connectivity index (χ1v) is 14.3. The van der Waals surface area contributed by atoms with E-state index in [1.807, 2.05) is 0 Å². The summed E-state index contributed by atoms with van der Waals surface area (Å²) >= 11 is 0. The number of rotatable bonds is 18. The summed E-state index contributed by atoms with van der Waals surface area (Å²) in [7, 11) is -4.80. The minimum Gasteiger partial charge on any atom is -0.456 e. The highest BCUT2D eigenvalue weighted by atomic mass is 31.2. The predicted molar refractivity (Wildman–Crippen MR) is 144 cm³/mol. The standard InChI is InChI=1S/C29H37O8P/c1-3-5-7-9-11-13-14-16-18-20-22-24-29(31)37-27(26-36-38(32,33)34)25-35-28(30)23-21-19-17-15-12-10-8-6-4-2/h27H,3,5,7,9,11,13-14,16,18,20,22,24-26H2,1-2H3,(H2,32,33,34)/t27-/m0/s1. The fraction of sp³-hybridized carbons (Fsp3) is 0.586. The van der Waals surface area contributed by atoms with Crippen LogP contribution in [0.2, 0.25) is 0 Å². The highest BCUT2D eigenvalue weighted by molar-refractivity contribution is 7.46. The number of esters is 2. The molecule has 0 aromatic rings. The van der Waals surface area contributed by atoms with Crippen molar-refractivity contribution in [1.29, 1.82) is 0 Å². The molecular formula is C29H37O8P. The number of hydrogen-bond acceptors (Lipinski definition) is 6. The van der Waals surface area contributed by atoms with Gasteiger partial charge >= 0.3 is 19.8 Å². The molecule has 1 atom stereocenters. The molecule has 0 spiro atoms. The molecule has 0 radical (unpaired) electrons. The van der Waals surface area contributed by atoms with Crippen molar-refractivity contribution in [1.82, 2.24) is 0 Å². The van der Waals surface area contributed by atoms with Gasteiger partial charge in [-0.05, 0) is 60.7 Å². The molecule has 0 fully saturated rings. The van der Waals surface area contributed by atoms with Gasteiger partial charge in [0, 0.05) is 12.3 Å². The molecule has 8 nitrogen and oxygen atoms in total. The van der Waals surface area contributed by atoms with Crippen molar-refractivity contribution in [3.63, 3.8) is 0 Å². The fourth-order valence-corrected chi connectivity index (χ4v) is 3.37. The Morgan fingerprint density at radius 3 is 1.76 bits per heavy atom. The fourth-order valence-electron chi connectivity index (χ4n) is 3.01. The molecule has 0 rings (SSSR count). The smallest absolute Gasteiger partial charge is 0.456 e. The molecule has 0 aliphatic rings. The summed E-state index contributed by atoms with van der Waals surface area (Å²) in [6.07, 6.45) is 11.5. The van der Waals surface area contributed by atoms with Gasteiger partial charge in [-0.3, -0.25) is 9.32 Å². The third-order valence-electron chi connectivity index (χ3n) is 4.84. The Kier molecular flexibility index (Phi) is 22.2. The van der Waals surface area contributed by atoms with Crippen LogP contribution in [0, 0.1) is 59.2 Å². The van der Waals surface area contributed by atoms with Crippen molar-refractivity contribution in [3.05, 3.63) is 0 Å². The van der Waals surface area contributed by atoms with Crippen LogP contribution in [-0.2, 0) is 28.2 Å². The lowest BCUT2D eigenvalue weighted by molar-refractivity contribution is -0.158. The van der Waals surface area contributed by atoms with Gasteiger partial charge in [-0.15, -0.1) is 0 Å². The zero-order chi connectivity index (χ0) is 28.3. The second kappa shape index (κ2) is 24.2. The van der Waals surface area contributed by atoms with Crippen molar-refractivity contribution < 1.29 is 37.9 Å². The van der Waals surface area contributed by atoms with E-state index in [1.54, 1.807) is 6.92 Å². The summed E-state index contributed by atoms with van der Waals surface area (Å²) in [6.45, 7) is 2.72. The van der Waals surface area contributed by atoms with Crippen molar-refractivity contribution in [2.45, 2.75) is 97.0 Å². The van der Waals surface area contributed by atoms with E-state index >= 15 is 0 Å². The maximum atomic E-state index is 12.2. The number of ether oxygens (including phenoxy) is 2. The molecule has 0 aromatic carbocycles. The van der Waals surface area contributed by atoms with Crippen LogP contribution in [0.5, 0.6) is 0 Å². The maximum Gasteiger partial charge on any atom is 0.469 e. The van der Waals surface area contributed by atoms with Crippen molar-refractivity contribution >= 4 is 19.8 Å². The molecule has 0 aliphatic heterocycles. The summed E-state index contributed by atoms with van der Waals surface area (Å²) in [6, 6.07) is 0. The lowest BCUT2D eigenvalue weighted by Gasteiger charge is -2.17. The zero-order valence-electron chi connectivity index (χ0n) is 22.3. The quantitative estimate of drug-likeness (QED) is 0.0863. The van der Waals surface area contributed by atoms with Crippen molar-refractivity contribution in [2.75, 3.05) is 13.2 Å². The number of phosphoric acid groups is 1. The van der Waals surface area contributed by atoms with E-state index in [1.165, 1.54) is 44.9 Å².